The summed E-state index contributed by atoms with van der Waals surface area (Å²) in [5, 5.41) is 0. The number of para-hydroxylation sites is 6. The Bertz CT molecular complexity index is 3020. The Morgan fingerprint density at radius 1 is 0.383 bits per heavy atom. The first kappa shape index (κ1) is 35.2. The summed E-state index contributed by atoms with van der Waals surface area (Å²) < 4.78 is 4.63. The summed E-state index contributed by atoms with van der Waals surface area (Å²) in [7, 11) is 0. The van der Waals surface area contributed by atoms with Crippen LogP contribution in [0.4, 0.5) is 5.69 Å². The van der Waals surface area contributed by atoms with Gasteiger partial charge in [0.2, 0.25) is 0 Å². The number of hydrogen-bond acceptors (Lipinski definition) is 3. The molecule has 1 aliphatic rings. The molecule has 0 spiro atoms. The molecule has 0 bridgehead atoms. The molecule has 5 nitrogen and oxygen atoms in total. The minimum absolute atomic E-state index is 0.0581. The van der Waals surface area contributed by atoms with E-state index in [9.17, 15) is 0 Å². The number of aromatic nitrogens is 4. The van der Waals surface area contributed by atoms with Crippen molar-refractivity contribution in [1.82, 2.24) is 19.1 Å². The van der Waals surface area contributed by atoms with Crippen molar-refractivity contribution in [2.75, 3.05) is 4.81 Å². The van der Waals surface area contributed by atoms with Crippen LogP contribution in [-0.4, -0.2) is 25.9 Å². The van der Waals surface area contributed by atoms with E-state index < -0.39 is 0 Å². The molecule has 6 heteroatoms. The van der Waals surface area contributed by atoms with Crippen LogP contribution in [0.5, 0.6) is 0 Å². The first-order valence-corrected chi connectivity index (χ1v) is 20.4. The topological polar surface area (TPSA) is 38.9 Å². The monoisotopic (exact) mass is 767 g/mol. The molecule has 0 radical (unpaired) electrons. The van der Waals surface area contributed by atoms with Crippen molar-refractivity contribution in [1.29, 1.82) is 0 Å². The van der Waals surface area contributed by atoms with Crippen molar-refractivity contribution in [3.8, 4) is 56.4 Å². The Labute approximate surface area is 349 Å². The van der Waals surface area contributed by atoms with E-state index in [1.165, 1.54) is 5.56 Å². The number of hydrogen-bond donors (Lipinski definition) is 0. The third kappa shape index (κ3) is 6.23. The summed E-state index contributed by atoms with van der Waals surface area (Å²) in [5.41, 5.74) is 15.2. The summed E-state index contributed by atoms with van der Waals surface area (Å²) >= 11 is 0. The van der Waals surface area contributed by atoms with Gasteiger partial charge < -0.3 is 4.81 Å². The molecule has 0 unspecified atom stereocenters. The molecule has 0 N–H and O–H groups in total. The van der Waals surface area contributed by atoms with Gasteiger partial charge in [-0.2, -0.15) is 0 Å². The maximum Gasteiger partial charge on any atom is 0.320 e. The number of allylic oxidation sites excluding steroid dienone is 2. The van der Waals surface area contributed by atoms with Crippen LogP contribution in [-0.2, 0) is 0 Å². The van der Waals surface area contributed by atoms with E-state index in [0.717, 1.165) is 84.1 Å². The average molecular weight is 768 g/mol. The van der Waals surface area contributed by atoms with Gasteiger partial charge >= 0.3 is 6.85 Å². The Morgan fingerprint density at radius 2 is 0.867 bits per heavy atom. The molecule has 11 rings (SSSR count). The highest BCUT2D eigenvalue weighted by atomic mass is 15.1. The number of benzene rings is 8. The second-order valence-corrected chi connectivity index (χ2v) is 15.0. The van der Waals surface area contributed by atoms with Crippen molar-refractivity contribution in [3.05, 3.63) is 231 Å². The van der Waals surface area contributed by atoms with Gasteiger partial charge in [0.05, 0.1) is 33.4 Å². The Morgan fingerprint density at radius 3 is 1.47 bits per heavy atom. The molecule has 1 aliphatic heterocycles. The Balaban J connectivity index is 1.01. The molecular weight excluding hydrogens is 729 g/mol. The lowest BCUT2D eigenvalue weighted by atomic mass is 9.53. The number of anilines is 1. The molecule has 282 valence electrons. The van der Waals surface area contributed by atoms with Gasteiger partial charge in [0.1, 0.15) is 11.6 Å². The molecular formula is C54H38BN5. The van der Waals surface area contributed by atoms with Gasteiger partial charge in [-0.1, -0.05) is 175 Å². The van der Waals surface area contributed by atoms with E-state index in [2.05, 4.69) is 245 Å². The molecule has 0 fully saturated rings. The summed E-state index contributed by atoms with van der Waals surface area (Å²) in [5.74, 6) is 4.07. The van der Waals surface area contributed by atoms with Gasteiger partial charge in [0.25, 0.3) is 0 Å². The number of rotatable bonds is 8. The highest BCUT2D eigenvalue weighted by Crippen LogP contribution is 2.37. The zero-order valence-electron chi connectivity index (χ0n) is 32.8. The summed E-state index contributed by atoms with van der Waals surface area (Å²) in [6.45, 7) is -0.0581. The number of nitrogens with zero attached hydrogens (tertiary/aromatic N) is 5. The van der Waals surface area contributed by atoms with Gasteiger partial charge in [-0.3, -0.25) is 9.13 Å². The molecule has 8 aromatic carbocycles. The van der Waals surface area contributed by atoms with Crippen LogP contribution in [0.3, 0.4) is 0 Å². The van der Waals surface area contributed by atoms with Gasteiger partial charge in [-0.05, 0) is 71.9 Å². The third-order valence-corrected chi connectivity index (χ3v) is 11.4. The van der Waals surface area contributed by atoms with E-state index in [1.807, 2.05) is 0 Å². The van der Waals surface area contributed by atoms with Crippen molar-refractivity contribution < 1.29 is 0 Å². The minimum atomic E-state index is -0.0581. The normalized spacial score (nSPS) is 12.5. The van der Waals surface area contributed by atoms with Crippen LogP contribution in [0.25, 0.3) is 78.5 Å². The van der Waals surface area contributed by atoms with E-state index in [4.69, 9.17) is 9.97 Å². The quantitative estimate of drug-likeness (QED) is 0.145. The van der Waals surface area contributed by atoms with Crippen LogP contribution < -0.4 is 10.3 Å². The molecule has 0 atom stereocenters. The lowest BCUT2D eigenvalue weighted by molar-refractivity contribution is 1.10. The van der Waals surface area contributed by atoms with Crippen LogP contribution in [0.15, 0.2) is 231 Å². The van der Waals surface area contributed by atoms with E-state index >= 15 is 0 Å². The summed E-state index contributed by atoms with van der Waals surface area (Å²) in [6.07, 6.45) is 6.43. The maximum atomic E-state index is 5.29. The fraction of sp³-hybridized carbons (Fsp3) is 0. The predicted molar refractivity (Wildman–Crippen MR) is 250 cm³/mol. The van der Waals surface area contributed by atoms with Crippen LogP contribution >= 0.6 is 0 Å². The first-order chi connectivity index (χ1) is 29.8. The first-order valence-electron chi connectivity index (χ1n) is 20.4. The lowest BCUT2D eigenvalue weighted by Crippen LogP contribution is -2.45. The Kier molecular flexibility index (Phi) is 8.86. The SMILES string of the molecule is C1=CB(c2cccc(-c3nc4ccccc4n3-c3ccccc3-c3ccccc3)c2)N(c2cccc(-c3nc4ccccc4n3-c3ccccc3-c3ccccc3)c2)C=C1. The molecule has 0 saturated heterocycles. The second-order valence-electron chi connectivity index (χ2n) is 15.0. The fourth-order valence-electron chi connectivity index (χ4n) is 8.67. The molecule has 3 heterocycles. The van der Waals surface area contributed by atoms with E-state index in [-0.39, 0.29) is 6.85 Å². The minimum Gasteiger partial charge on any atom is -0.383 e. The standard InChI is InChI=1S/C54H38BN5/c1-3-19-39(20-4-1)45-27-7-11-31-49(45)59-51-33-13-9-29-47(51)56-53(59)41-23-17-25-43(37-41)55-35-15-16-36-58(55)44-26-18-24-42(38-44)54-57-48-30-10-14-34-52(48)60(54)50-32-12-8-28-46(50)40-21-5-2-6-22-40/h1-38H. The average Bonchev–Trinajstić information content (AvgIpc) is 3.92. The van der Waals surface area contributed by atoms with Gasteiger partial charge in [0, 0.05) is 27.9 Å². The molecule has 60 heavy (non-hydrogen) atoms. The third-order valence-electron chi connectivity index (χ3n) is 11.4. The zero-order chi connectivity index (χ0) is 39.8. The largest absolute Gasteiger partial charge is 0.383 e. The van der Waals surface area contributed by atoms with Gasteiger partial charge in [0.15, 0.2) is 0 Å². The van der Waals surface area contributed by atoms with E-state index in [1.54, 1.807) is 0 Å². The number of fused-ring (bicyclic) bond motifs is 2. The van der Waals surface area contributed by atoms with Crippen LogP contribution in [0, 0.1) is 0 Å². The highest BCUT2D eigenvalue weighted by molar-refractivity contribution is 6.81. The molecule has 0 amide bonds. The van der Waals surface area contributed by atoms with Crippen molar-refractivity contribution in [2.24, 2.45) is 0 Å². The van der Waals surface area contributed by atoms with Crippen molar-refractivity contribution in [2.45, 2.75) is 0 Å². The van der Waals surface area contributed by atoms with Crippen molar-refractivity contribution >= 4 is 40.1 Å². The van der Waals surface area contributed by atoms with Crippen molar-refractivity contribution in [3.63, 3.8) is 0 Å². The summed E-state index contributed by atoms with van der Waals surface area (Å²) in [4.78, 5) is 12.9. The maximum absolute atomic E-state index is 5.29. The predicted octanol–water partition coefficient (Wildman–Crippen LogP) is 12.4. The van der Waals surface area contributed by atoms with Crippen LogP contribution in [0.1, 0.15) is 0 Å². The number of imidazole rings is 2. The van der Waals surface area contributed by atoms with E-state index in [0.29, 0.717) is 0 Å². The second kappa shape index (κ2) is 15.1. The van der Waals surface area contributed by atoms with Gasteiger partial charge in [-0.15, -0.1) is 0 Å². The van der Waals surface area contributed by atoms with Crippen LogP contribution in [0.2, 0.25) is 0 Å². The fourth-order valence-corrected chi connectivity index (χ4v) is 8.67. The van der Waals surface area contributed by atoms with Gasteiger partial charge in [-0.25, -0.2) is 9.97 Å². The Hall–Kier alpha value is -7.96. The molecule has 10 aromatic rings. The molecule has 0 aliphatic carbocycles. The smallest absolute Gasteiger partial charge is 0.320 e. The zero-order valence-corrected chi connectivity index (χ0v) is 32.8. The molecule has 2 aromatic heterocycles. The molecule has 0 saturated carbocycles. The summed E-state index contributed by atoms with van der Waals surface area (Å²) in [6, 6.07) is 72.8. The highest BCUT2D eigenvalue weighted by Gasteiger charge is 2.26. The lowest BCUT2D eigenvalue weighted by Gasteiger charge is -2.29.